The van der Waals surface area contributed by atoms with Crippen LogP contribution in [0, 0.1) is 0 Å². The second kappa shape index (κ2) is 2.94. The Morgan fingerprint density at radius 3 is 3.15 bits per heavy atom. The van der Waals surface area contributed by atoms with Gasteiger partial charge in [-0.2, -0.15) is 4.98 Å². The summed E-state index contributed by atoms with van der Waals surface area (Å²) >= 11 is 0. The maximum absolute atomic E-state index is 8.70. The first kappa shape index (κ1) is 7.87. The zero-order valence-electron chi connectivity index (χ0n) is 6.75. The molecule has 68 valence electrons. The SMILES string of the molecule is Nc1ncc2nnn(CCO)c2n1. The van der Waals surface area contributed by atoms with Gasteiger partial charge in [0.05, 0.1) is 19.3 Å². The summed E-state index contributed by atoms with van der Waals surface area (Å²) in [6.07, 6.45) is 1.50. The Morgan fingerprint density at radius 2 is 2.38 bits per heavy atom. The second-order valence-corrected chi connectivity index (χ2v) is 2.47. The minimum absolute atomic E-state index is 0.0115. The van der Waals surface area contributed by atoms with E-state index in [1.54, 1.807) is 0 Å². The number of aliphatic hydroxyl groups excluding tert-OH is 1. The summed E-state index contributed by atoms with van der Waals surface area (Å²) in [4.78, 5) is 7.72. The Hall–Kier alpha value is -1.76. The lowest BCUT2D eigenvalue weighted by Crippen LogP contribution is -2.05. The molecule has 0 aliphatic carbocycles. The maximum atomic E-state index is 8.70. The fourth-order valence-electron chi connectivity index (χ4n) is 1.03. The van der Waals surface area contributed by atoms with E-state index in [1.165, 1.54) is 10.9 Å². The van der Waals surface area contributed by atoms with Crippen LogP contribution in [0.2, 0.25) is 0 Å². The van der Waals surface area contributed by atoms with E-state index in [2.05, 4.69) is 20.3 Å². The van der Waals surface area contributed by atoms with Gasteiger partial charge in [-0.3, -0.25) is 0 Å². The van der Waals surface area contributed by atoms with Gasteiger partial charge >= 0.3 is 0 Å². The zero-order chi connectivity index (χ0) is 9.26. The molecular weight excluding hydrogens is 172 g/mol. The Morgan fingerprint density at radius 1 is 1.54 bits per heavy atom. The van der Waals surface area contributed by atoms with E-state index in [0.29, 0.717) is 17.7 Å². The van der Waals surface area contributed by atoms with Crippen LogP contribution in [-0.4, -0.2) is 36.7 Å². The molecule has 0 fully saturated rings. The van der Waals surface area contributed by atoms with Crippen LogP contribution in [0.1, 0.15) is 0 Å². The quantitative estimate of drug-likeness (QED) is 0.601. The van der Waals surface area contributed by atoms with E-state index >= 15 is 0 Å². The number of rotatable bonds is 2. The summed E-state index contributed by atoms with van der Waals surface area (Å²) in [5.74, 6) is 0.175. The molecule has 0 unspecified atom stereocenters. The van der Waals surface area contributed by atoms with Crippen LogP contribution in [-0.2, 0) is 6.54 Å². The van der Waals surface area contributed by atoms with Gasteiger partial charge in [-0.25, -0.2) is 9.67 Å². The van der Waals surface area contributed by atoms with Crippen LogP contribution in [0.3, 0.4) is 0 Å². The number of aliphatic hydroxyl groups is 1. The summed E-state index contributed by atoms with van der Waals surface area (Å²) < 4.78 is 1.48. The van der Waals surface area contributed by atoms with Gasteiger partial charge in [-0.05, 0) is 0 Å². The van der Waals surface area contributed by atoms with Crippen molar-refractivity contribution in [1.82, 2.24) is 25.0 Å². The molecule has 2 rings (SSSR count). The smallest absolute Gasteiger partial charge is 0.222 e. The number of aromatic nitrogens is 5. The summed E-state index contributed by atoms with van der Waals surface area (Å²) in [5.41, 5.74) is 6.51. The van der Waals surface area contributed by atoms with Crippen LogP contribution in [0.5, 0.6) is 0 Å². The first-order valence-corrected chi connectivity index (χ1v) is 3.74. The molecule has 0 amide bonds. The van der Waals surface area contributed by atoms with E-state index in [1.807, 2.05) is 0 Å². The molecule has 0 saturated heterocycles. The summed E-state index contributed by atoms with van der Waals surface area (Å²) in [6.45, 7) is 0.343. The van der Waals surface area contributed by atoms with Crippen LogP contribution in [0.4, 0.5) is 5.95 Å². The predicted molar refractivity (Wildman–Crippen MR) is 44.6 cm³/mol. The molecule has 2 heterocycles. The van der Waals surface area contributed by atoms with Gasteiger partial charge in [0.25, 0.3) is 0 Å². The van der Waals surface area contributed by atoms with Gasteiger partial charge < -0.3 is 10.8 Å². The van der Waals surface area contributed by atoms with Gasteiger partial charge in [0.1, 0.15) is 0 Å². The highest BCUT2D eigenvalue weighted by Gasteiger charge is 2.05. The van der Waals surface area contributed by atoms with Crippen molar-refractivity contribution in [1.29, 1.82) is 0 Å². The molecule has 0 aromatic carbocycles. The van der Waals surface area contributed by atoms with Gasteiger partial charge in [-0.15, -0.1) is 5.10 Å². The summed E-state index contributed by atoms with van der Waals surface area (Å²) in [5, 5.41) is 16.3. The lowest BCUT2D eigenvalue weighted by molar-refractivity contribution is 0.270. The highest BCUT2D eigenvalue weighted by Crippen LogP contribution is 2.06. The van der Waals surface area contributed by atoms with Crippen molar-refractivity contribution >= 4 is 17.1 Å². The van der Waals surface area contributed by atoms with E-state index in [4.69, 9.17) is 10.8 Å². The largest absolute Gasteiger partial charge is 0.394 e. The molecule has 0 aliphatic rings. The van der Waals surface area contributed by atoms with E-state index in [-0.39, 0.29) is 12.6 Å². The standard InChI is InChI=1S/C6H8N6O/c7-6-8-3-4-5(9-6)12(1-2-13)11-10-4/h3,13H,1-2H2,(H2,7,8,9). The number of hydrogen-bond acceptors (Lipinski definition) is 6. The lowest BCUT2D eigenvalue weighted by atomic mass is 10.5. The molecule has 0 radical (unpaired) electrons. The fraction of sp³-hybridized carbons (Fsp3) is 0.333. The molecule has 0 aliphatic heterocycles. The molecule has 7 heteroatoms. The first-order chi connectivity index (χ1) is 6.31. The Bertz CT molecular complexity index is 424. The van der Waals surface area contributed by atoms with Crippen LogP contribution in [0.25, 0.3) is 11.2 Å². The van der Waals surface area contributed by atoms with Gasteiger partial charge in [0.15, 0.2) is 11.2 Å². The van der Waals surface area contributed by atoms with Crippen molar-refractivity contribution in [2.24, 2.45) is 0 Å². The molecule has 0 spiro atoms. The minimum Gasteiger partial charge on any atom is -0.394 e. The van der Waals surface area contributed by atoms with Crippen LogP contribution < -0.4 is 5.73 Å². The maximum Gasteiger partial charge on any atom is 0.222 e. The molecule has 13 heavy (non-hydrogen) atoms. The third-order valence-corrected chi connectivity index (χ3v) is 1.59. The Labute approximate surface area is 73.2 Å². The number of anilines is 1. The van der Waals surface area contributed by atoms with Crippen LogP contribution >= 0.6 is 0 Å². The van der Waals surface area contributed by atoms with Crippen molar-refractivity contribution in [3.8, 4) is 0 Å². The van der Waals surface area contributed by atoms with E-state index < -0.39 is 0 Å². The van der Waals surface area contributed by atoms with Crippen molar-refractivity contribution in [3.63, 3.8) is 0 Å². The van der Waals surface area contributed by atoms with Crippen LogP contribution in [0.15, 0.2) is 6.20 Å². The summed E-state index contributed by atoms with van der Waals surface area (Å²) in [6, 6.07) is 0. The molecule has 3 N–H and O–H groups in total. The number of hydrogen-bond donors (Lipinski definition) is 2. The monoisotopic (exact) mass is 180 g/mol. The van der Waals surface area contributed by atoms with Crippen molar-refractivity contribution in [2.45, 2.75) is 6.54 Å². The predicted octanol–water partition coefficient (Wildman–Crippen LogP) is -1.20. The van der Waals surface area contributed by atoms with Crippen molar-refractivity contribution in [2.75, 3.05) is 12.3 Å². The number of nitrogens with two attached hydrogens (primary N) is 1. The van der Waals surface area contributed by atoms with Gasteiger partial charge in [0, 0.05) is 0 Å². The number of nitrogen functional groups attached to an aromatic ring is 1. The second-order valence-electron chi connectivity index (χ2n) is 2.47. The molecule has 0 saturated carbocycles. The van der Waals surface area contributed by atoms with Crippen molar-refractivity contribution < 1.29 is 5.11 Å². The molecule has 0 atom stereocenters. The van der Waals surface area contributed by atoms with E-state index in [9.17, 15) is 0 Å². The molecule has 2 aromatic rings. The average Bonchev–Trinajstić information content (AvgIpc) is 2.49. The zero-order valence-corrected chi connectivity index (χ0v) is 6.75. The van der Waals surface area contributed by atoms with E-state index in [0.717, 1.165) is 0 Å². The topological polar surface area (TPSA) is 103 Å². The number of fused-ring (bicyclic) bond motifs is 1. The first-order valence-electron chi connectivity index (χ1n) is 3.74. The highest BCUT2D eigenvalue weighted by atomic mass is 16.3. The molecule has 7 nitrogen and oxygen atoms in total. The lowest BCUT2D eigenvalue weighted by Gasteiger charge is -1.96. The third kappa shape index (κ3) is 1.29. The normalized spacial score (nSPS) is 10.8. The van der Waals surface area contributed by atoms with Crippen molar-refractivity contribution in [3.05, 3.63) is 6.20 Å². The average molecular weight is 180 g/mol. The molecular formula is C6H8N6O. The minimum atomic E-state index is -0.0115. The highest BCUT2D eigenvalue weighted by molar-refractivity contribution is 5.69. The Balaban J connectivity index is 2.58. The molecule has 2 aromatic heterocycles. The van der Waals surface area contributed by atoms with Gasteiger partial charge in [0.2, 0.25) is 5.95 Å². The summed E-state index contributed by atoms with van der Waals surface area (Å²) in [7, 11) is 0. The third-order valence-electron chi connectivity index (χ3n) is 1.59. The fourth-order valence-corrected chi connectivity index (χ4v) is 1.03. The number of nitrogens with zero attached hydrogens (tertiary/aromatic N) is 5. The Kier molecular flexibility index (Phi) is 1.78. The van der Waals surface area contributed by atoms with Gasteiger partial charge in [-0.1, -0.05) is 5.21 Å². The molecule has 0 bridgehead atoms.